The second-order valence-electron chi connectivity index (χ2n) is 4.90. The molecule has 1 aromatic heterocycles. The molecule has 0 aliphatic heterocycles. The first-order valence-corrected chi connectivity index (χ1v) is 6.61. The van der Waals surface area contributed by atoms with Crippen LogP contribution >= 0.6 is 0 Å². The lowest BCUT2D eigenvalue weighted by Gasteiger charge is -2.25. The monoisotopic (exact) mass is 242 g/mol. The molecule has 1 aliphatic carbocycles. The molecule has 0 amide bonds. The summed E-state index contributed by atoms with van der Waals surface area (Å²) in [5, 5.41) is 7.17. The van der Waals surface area contributed by atoms with Crippen molar-refractivity contribution in [1.29, 1.82) is 0 Å². The van der Waals surface area contributed by atoms with Crippen LogP contribution in [-0.2, 0) is 13.0 Å². The molecule has 3 rings (SSSR count). The summed E-state index contributed by atoms with van der Waals surface area (Å²) >= 11 is 0. The number of benzene rings is 1. The summed E-state index contributed by atoms with van der Waals surface area (Å²) in [6.45, 7) is 1.77. The van der Waals surface area contributed by atoms with E-state index in [-0.39, 0.29) is 0 Å². The van der Waals surface area contributed by atoms with E-state index in [1.54, 1.807) is 6.20 Å². The number of aromatic nitrogens is 1. The average Bonchev–Trinajstić information content (AvgIpc) is 2.92. The van der Waals surface area contributed by atoms with Gasteiger partial charge in [-0.3, -0.25) is 0 Å². The van der Waals surface area contributed by atoms with Crippen molar-refractivity contribution in [2.45, 2.75) is 31.7 Å². The Labute approximate surface area is 107 Å². The highest BCUT2D eigenvalue weighted by Crippen LogP contribution is 2.30. The molecule has 0 bridgehead atoms. The van der Waals surface area contributed by atoms with Crippen molar-refractivity contribution in [3.63, 3.8) is 0 Å². The molecule has 0 spiro atoms. The predicted molar refractivity (Wildman–Crippen MR) is 70.3 cm³/mol. The van der Waals surface area contributed by atoms with Gasteiger partial charge in [-0.2, -0.15) is 0 Å². The van der Waals surface area contributed by atoms with Crippen LogP contribution in [0.25, 0.3) is 0 Å². The van der Waals surface area contributed by atoms with Crippen molar-refractivity contribution in [3.05, 3.63) is 53.4 Å². The summed E-state index contributed by atoms with van der Waals surface area (Å²) in [6.07, 6.45) is 5.49. The third-order valence-corrected chi connectivity index (χ3v) is 3.67. The van der Waals surface area contributed by atoms with Gasteiger partial charge in [-0.1, -0.05) is 29.4 Å². The highest BCUT2D eigenvalue weighted by atomic mass is 16.5. The van der Waals surface area contributed by atoms with Crippen LogP contribution in [0.15, 0.2) is 41.1 Å². The van der Waals surface area contributed by atoms with E-state index in [2.05, 4.69) is 34.7 Å². The molecule has 1 atom stereocenters. The molecule has 1 unspecified atom stereocenters. The first-order chi connectivity index (χ1) is 8.93. The lowest BCUT2D eigenvalue weighted by atomic mass is 9.83. The van der Waals surface area contributed by atoms with E-state index in [0.29, 0.717) is 5.92 Å². The topological polar surface area (TPSA) is 38.1 Å². The van der Waals surface area contributed by atoms with Crippen molar-refractivity contribution in [2.24, 2.45) is 0 Å². The number of hydrogen-bond donors (Lipinski definition) is 1. The first-order valence-electron chi connectivity index (χ1n) is 6.61. The molecule has 3 heteroatoms. The molecule has 18 heavy (non-hydrogen) atoms. The van der Waals surface area contributed by atoms with Crippen LogP contribution in [-0.4, -0.2) is 11.7 Å². The Bertz CT molecular complexity index is 493. The number of nitrogens with zero attached hydrogens (tertiary/aromatic N) is 1. The minimum absolute atomic E-state index is 0.637. The smallest absolute Gasteiger partial charge is 0.150 e. The summed E-state index contributed by atoms with van der Waals surface area (Å²) < 4.78 is 5.08. The molecule has 1 aliphatic rings. The first kappa shape index (κ1) is 11.5. The van der Waals surface area contributed by atoms with Gasteiger partial charge in [-0.25, -0.2) is 0 Å². The lowest BCUT2D eigenvalue weighted by Crippen LogP contribution is -2.24. The Morgan fingerprint density at radius 3 is 3.11 bits per heavy atom. The van der Waals surface area contributed by atoms with E-state index in [9.17, 15) is 0 Å². The number of hydrogen-bond acceptors (Lipinski definition) is 3. The maximum atomic E-state index is 5.08. The van der Waals surface area contributed by atoms with Gasteiger partial charge in [0.1, 0.15) is 5.76 Å². The molecule has 0 radical (unpaired) electrons. The van der Waals surface area contributed by atoms with Crippen LogP contribution in [0.5, 0.6) is 0 Å². The van der Waals surface area contributed by atoms with Gasteiger partial charge in [-0.15, -0.1) is 0 Å². The predicted octanol–water partition coefficient (Wildman–Crippen LogP) is 2.88. The molecule has 3 nitrogen and oxygen atoms in total. The minimum atomic E-state index is 0.637. The number of fused-ring (bicyclic) bond motifs is 1. The van der Waals surface area contributed by atoms with E-state index in [1.807, 2.05) is 6.07 Å². The molecule has 94 valence electrons. The summed E-state index contributed by atoms with van der Waals surface area (Å²) in [5.74, 6) is 1.54. The Hall–Kier alpha value is -1.61. The van der Waals surface area contributed by atoms with E-state index in [1.165, 1.54) is 30.4 Å². The Morgan fingerprint density at radius 1 is 1.28 bits per heavy atom. The molecule has 0 fully saturated rings. The Balaban J connectivity index is 1.60. The van der Waals surface area contributed by atoms with Crippen molar-refractivity contribution in [1.82, 2.24) is 10.5 Å². The van der Waals surface area contributed by atoms with E-state index < -0.39 is 0 Å². The van der Waals surface area contributed by atoms with Crippen LogP contribution < -0.4 is 5.32 Å². The van der Waals surface area contributed by atoms with Crippen LogP contribution in [0.4, 0.5) is 0 Å². The molecule has 2 aromatic rings. The van der Waals surface area contributed by atoms with Crippen molar-refractivity contribution in [3.8, 4) is 0 Å². The fraction of sp³-hybridized carbons (Fsp3) is 0.400. The molecule has 1 aromatic carbocycles. The van der Waals surface area contributed by atoms with Crippen molar-refractivity contribution < 1.29 is 4.52 Å². The van der Waals surface area contributed by atoms with Crippen LogP contribution in [0.2, 0.25) is 0 Å². The van der Waals surface area contributed by atoms with Gasteiger partial charge in [0, 0.05) is 12.6 Å². The molecular weight excluding hydrogens is 224 g/mol. The van der Waals surface area contributed by atoms with Gasteiger partial charge in [0.15, 0.2) is 0 Å². The Kier molecular flexibility index (Phi) is 3.42. The maximum absolute atomic E-state index is 5.08. The van der Waals surface area contributed by atoms with E-state index in [4.69, 9.17) is 4.52 Å². The van der Waals surface area contributed by atoms with E-state index >= 15 is 0 Å². The normalized spacial score (nSPS) is 18.6. The SMILES string of the molecule is c1ccc2c(c1)CCCC2CNCc1ccno1. The van der Waals surface area contributed by atoms with Gasteiger partial charge < -0.3 is 9.84 Å². The highest BCUT2D eigenvalue weighted by molar-refractivity contribution is 5.32. The second-order valence-corrected chi connectivity index (χ2v) is 4.90. The average molecular weight is 242 g/mol. The molecule has 0 saturated heterocycles. The van der Waals surface area contributed by atoms with Gasteiger partial charge in [0.05, 0.1) is 12.7 Å². The van der Waals surface area contributed by atoms with Gasteiger partial charge in [0.2, 0.25) is 0 Å². The van der Waals surface area contributed by atoms with Crippen LogP contribution in [0.3, 0.4) is 0 Å². The highest BCUT2D eigenvalue weighted by Gasteiger charge is 2.19. The zero-order valence-electron chi connectivity index (χ0n) is 10.4. The third-order valence-electron chi connectivity index (χ3n) is 3.67. The maximum Gasteiger partial charge on any atom is 0.150 e. The Morgan fingerprint density at radius 2 is 2.22 bits per heavy atom. The molecule has 1 N–H and O–H groups in total. The van der Waals surface area contributed by atoms with Crippen molar-refractivity contribution in [2.75, 3.05) is 6.54 Å². The fourth-order valence-electron chi connectivity index (χ4n) is 2.77. The summed E-state index contributed by atoms with van der Waals surface area (Å²) in [7, 11) is 0. The number of rotatable bonds is 4. The number of nitrogens with one attached hydrogen (secondary N) is 1. The summed E-state index contributed by atoms with van der Waals surface area (Å²) in [5.41, 5.74) is 3.05. The van der Waals surface area contributed by atoms with Gasteiger partial charge in [-0.05, 0) is 36.3 Å². The van der Waals surface area contributed by atoms with E-state index in [0.717, 1.165) is 18.8 Å². The molecule has 0 saturated carbocycles. The minimum Gasteiger partial charge on any atom is -0.360 e. The fourth-order valence-corrected chi connectivity index (χ4v) is 2.77. The van der Waals surface area contributed by atoms with Crippen LogP contribution in [0, 0.1) is 0 Å². The quantitative estimate of drug-likeness (QED) is 0.896. The van der Waals surface area contributed by atoms with Crippen LogP contribution in [0.1, 0.15) is 35.6 Å². The standard InChI is InChI=1S/C15H18N2O/c1-2-7-15-12(4-1)5-3-6-13(15)10-16-11-14-8-9-17-18-14/h1-2,4,7-9,13,16H,3,5-6,10-11H2. The van der Waals surface area contributed by atoms with Gasteiger partial charge >= 0.3 is 0 Å². The lowest BCUT2D eigenvalue weighted by molar-refractivity contribution is 0.369. The zero-order valence-corrected chi connectivity index (χ0v) is 10.4. The van der Waals surface area contributed by atoms with Crippen molar-refractivity contribution >= 4 is 0 Å². The second kappa shape index (κ2) is 5.36. The summed E-state index contributed by atoms with van der Waals surface area (Å²) in [4.78, 5) is 0. The number of aryl methyl sites for hydroxylation is 1. The summed E-state index contributed by atoms with van der Waals surface area (Å²) in [6, 6.07) is 10.7. The largest absolute Gasteiger partial charge is 0.360 e. The van der Waals surface area contributed by atoms with Gasteiger partial charge in [0.25, 0.3) is 0 Å². The molecule has 1 heterocycles. The third kappa shape index (κ3) is 2.46. The molecular formula is C15H18N2O. The zero-order chi connectivity index (χ0) is 12.2.